The Morgan fingerprint density at radius 2 is 2.17 bits per heavy atom. The quantitative estimate of drug-likeness (QED) is 0.869. The van der Waals surface area contributed by atoms with Gasteiger partial charge in [-0.1, -0.05) is 6.92 Å². The van der Waals surface area contributed by atoms with E-state index in [-0.39, 0.29) is 0 Å². The molecule has 0 aromatic carbocycles. The van der Waals surface area contributed by atoms with Crippen molar-refractivity contribution in [2.75, 3.05) is 6.54 Å². The van der Waals surface area contributed by atoms with Gasteiger partial charge in [-0.15, -0.1) is 22.7 Å². The molecular formula is C14H20N2S2. The first-order chi connectivity index (χ1) is 8.61. The molecule has 0 radical (unpaired) electrons. The number of hydrogen-bond acceptors (Lipinski definition) is 4. The summed E-state index contributed by atoms with van der Waals surface area (Å²) >= 11 is 3.59. The van der Waals surface area contributed by atoms with Crippen LogP contribution in [0.25, 0.3) is 10.6 Å². The number of aromatic nitrogens is 1. The molecule has 1 unspecified atom stereocenters. The minimum Gasteiger partial charge on any atom is -0.309 e. The predicted molar refractivity (Wildman–Crippen MR) is 81.6 cm³/mol. The molecule has 0 amide bonds. The summed E-state index contributed by atoms with van der Waals surface area (Å²) in [6, 6.07) is 2.59. The number of hydrogen-bond donors (Lipinski definition) is 1. The molecule has 2 nitrogen and oxygen atoms in total. The molecule has 0 bridgehead atoms. The smallest absolute Gasteiger partial charge is 0.124 e. The van der Waals surface area contributed by atoms with Crippen LogP contribution < -0.4 is 5.32 Å². The Labute approximate surface area is 117 Å². The lowest BCUT2D eigenvalue weighted by Crippen LogP contribution is -2.19. The van der Waals surface area contributed by atoms with Crippen molar-refractivity contribution in [2.45, 2.75) is 40.2 Å². The van der Waals surface area contributed by atoms with E-state index in [1.165, 1.54) is 15.3 Å². The van der Waals surface area contributed by atoms with Crippen molar-refractivity contribution in [3.63, 3.8) is 0 Å². The molecule has 2 heterocycles. The van der Waals surface area contributed by atoms with Gasteiger partial charge in [-0.25, -0.2) is 4.98 Å². The Morgan fingerprint density at radius 1 is 1.39 bits per heavy atom. The lowest BCUT2D eigenvalue weighted by Gasteiger charge is -2.09. The van der Waals surface area contributed by atoms with Crippen LogP contribution in [0, 0.1) is 13.8 Å². The molecule has 0 fully saturated rings. The number of nitrogens with one attached hydrogen (secondary N) is 1. The number of thiophene rings is 1. The Morgan fingerprint density at radius 3 is 2.78 bits per heavy atom. The van der Waals surface area contributed by atoms with E-state index in [1.54, 1.807) is 11.3 Å². The van der Waals surface area contributed by atoms with Gasteiger partial charge >= 0.3 is 0 Å². The van der Waals surface area contributed by atoms with Gasteiger partial charge in [-0.2, -0.15) is 0 Å². The molecule has 1 N–H and O–H groups in total. The van der Waals surface area contributed by atoms with Gasteiger partial charge in [-0.05, 0) is 39.8 Å². The van der Waals surface area contributed by atoms with Crippen molar-refractivity contribution >= 4 is 22.7 Å². The number of thiazole rings is 1. The van der Waals surface area contributed by atoms with E-state index in [9.17, 15) is 0 Å². The van der Waals surface area contributed by atoms with Gasteiger partial charge in [0.15, 0.2) is 0 Å². The molecule has 2 rings (SSSR count). The highest BCUT2D eigenvalue weighted by atomic mass is 32.1. The second-order valence-electron chi connectivity index (χ2n) is 4.58. The average molecular weight is 280 g/mol. The molecule has 2 aromatic heterocycles. The third-order valence-electron chi connectivity index (χ3n) is 2.94. The van der Waals surface area contributed by atoms with E-state index in [4.69, 9.17) is 4.98 Å². The van der Waals surface area contributed by atoms with Crippen LogP contribution in [0.5, 0.6) is 0 Å². The zero-order valence-electron chi connectivity index (χ0n) is 11.4. The fourth-order valence-corrected chi connectivity index (χ4v) is 3.89. The van der Waals surface area contributed by atoms with E-state index < -0.39 is 0 Å². The van der Waals surface area contributed by atoms with Crippen LogP contribution in [-0.4, -0.2) is 11.5 Å². The van der Waals surface area contributed by atoms with Gasteiger partial charge in [0.05, 0.1) is 5.69 Å². The molecule has 2 aromatic rings. The van der Waals surface area contributed by atoms with Gasteiger partial charge in [0.1, 0.15) is 5.01 Å². The fourth-order valence-electron chi connectivity index (χ4n) is 1.92. The van der Waals surface area contributed by atoms with Crippen molar-refractivity contribution in [3.8, 4) is 10.6 Å². The van der Waals surface area contributed by atoms with E-state index in [0.717, 1.165) is 23.7 Å². The molecular weight excluding hydrogens is 260 g/mol. The van der Waals surface area contributed by atoms with Crippen molar-refractivity contribution < 1.29 is 0 Å². The first-order valence-corrected chi connectivity index (χ1v) is 8.07. The van der Waals surface area contributed by atoms with Crippen molar-refractivity contribution in [2.24, 2.45) is 0 Å². The van der Waals surface area contributed by atoms with E-state index in [0.29, 0.717) is 6.04 Å². The molecule has 1 atom stereocenters. The second kappa shape index (κ2) is 5.95. The van der Waals surface area contributed by atoms with Crippen molar-refractivity contribution in [1.82, 2.24) is 10.3 Å². The Kier molecular flexibility index (Phi) is 4.54. The lowest BCUT2D eigenvalue weighted by molar-refractivity contribution is 0.561. The molecule has 0 aliphatic heterocycles. The van der Waals surface area contributed by atoms with Gasteiger partial charge < -0.3 is 5.32 Å². The summed E-state index contributed by atoms with van der Waals surface area (Å²) in [5.41, 5.74) is 2.46. The zero-order valence-corrected chi connectivity index (χ0v) is 13.0. The minimum atomic E-state index is 0.343. The normalized spacial score (nSPS) is 12.9. The van der Waals surface area contributed by atoms with Gasteiger partial charge in [0, 0.05) is 26.7 Å². The monoisotopic (exact) mass is 280 g/mol. The summed E-state index contributed by atoms with van der Waals surface area (Å²) in [5.74, 6) is 0. The second-order valence-corrected chi connectivity index (χ2v) is 6.90. The molecule has 0 aliphatic carbocycles. The van der Waals surface area contributed by atoms with E-state index >= 15 is 0 Å². The standard InChI is InChI=1S/C14H20N2S2/c1-5-6-15-10(3)13-8-17-14(16-13)12-7-9(2)18-11(12)4/h7-8,10,15H,5-6H2,1-4H3. The first-order valence-electron chi connectivity index (χ1n) is 6.38. The minimum absolute atomic E-state index is 0.343. The SMILES string of the molecule is CCCNC(C)c1csc(-c2cc(C)sc2C)n1. The van der Waals surface area contributed by atoms with Crippen LogP contribution in [-0.2, 0) is 0 Å². The van der Waals surface area contributed by atoms with Crippen LogP contribution >= 0.6 is 22.7 Å². The maximum atomic E-state index is 4.77. The van der Waals surface area contributed by atoms with Crippen molar-refractivity contribution in [3.05, 3.63) is 26.9 Å². The summed E-state index contributed by atoms with van der Waals surface area (Å²) in [5, 5.41) is 6.81. The van der Waals surface area contributed by atoms with Gasteiger partial charge in [-0.3, -0.25) is 0 Å². The third kappa shape index (κ3) is 2.99. The lowest BCUT2D eigenvalue weighted by atomic mass is 10.2. The summed E-state index contributed by atoms with van der Waals surface area (Å²) in [4.78, 5) is 7.49. The maximum Gasteiger partial charge on any atom is 0.124 e. The van der Waals surface area contributed by atoms with Crippen LogP contribution in [0.4, 0.5) is 0 Å². The van der Waals surface area contributed by atoms with Crippen molar-refractivity contribution in [1.29, 1.82) is 0 Å². The number of aryl methyl sites for hydroxylation is 2. The number of nitrogens with zero attached hydrogens (tertiary/aromatic N) is 1. The highest BCUT2D eigenvalue weighted by Crippen LogP contribution is 2.33. The fraction of sp³-hybridized carbons (Fsp3) is 0.500. The van der Waals surface area contributed by atoms with Crippen LogP contribution in [0.3, 0.4) is 0 Å². The molecule has 98 valence electrons. The Balaban J connectivity index is 2.17. The zero-order chi connectivity index (χ0) is 13.1. The van der Waals surface area contributed by atoms with Crippen LogP contribution in [0.1, 0.15) is 41.8 Å². The molecule has 0 spiro atoms. The third-order valence-corrected chi connectivity index (χ3v) is 4.80. The summed E-state index contributed by atoms with van der Waals surface area (Å²) < 4.78 is 0. The highest BCUT2D eigenvalue weighted by Gasteiger charge is 2.13. The summed E-state index contributed by atoms with van der Waals surface area (Å²) in [7, 11) is 0. The molecule has 0 saturated heterocycles. The first kappa shape index (κ1) is 13.7. The van der Waals surface area contributed by atoms with Gasteiger partial charge in [0.2, 0.25) is 0 Å². The molecule has 4 heteroatoms. The van der Waals surface area contributed by atoms with Crippen LogP contribution in [0.2, 0.25) is 0 Å². The summed E-state index contributed by atoms with van der Waals surface area (Å²) in [6.45, 7) is 9.74. The van der Waals surface area contributed by atoms with Crippen LogP contribution in [0.15, 0.2) is 11.4 Å². The topological polar surface area (TPSA) is 24.9 Å². The largest absolute Gasteiger partial charge is 0.309 e. The van der Waals surface area contributed by atoms with Gasteiger partial charge in [0.25, 0.3) is 0 Å². The molecule has 0 aliphatic rings. The Bertz CT molecular complexity index is 514. The molecule has 0 saturated carbocycles. The predicted octanol–water partition coefficient (Wildman–Crippen LogP) is 4.55. The summed E-state index contributed by atoms with van der Waals surface area (Å²) in [6.07, 6.45) is 1.16. The molecule has 18 heavy (non-hydrogen) atoms. The Hall–Kier alpha value is -0.710. The number of rotatable bonds is 5. The highest BCUT2D eigenvalue weighted by molar-refractivity contribution is 7.15. The van der Waals surface area contributed by atoms with E-state index in [1.807, 2.05) is 11.3 Å². The average Bonchev–Trinajstić information content (AvgIpc) is 2.92. The maximum absolute atomic E-state index is 4.77. The van der Waals surface area contributed by atoms with E-state index in [2.05, 4.69) is 44.5 Å².